The molecule has 0 saturated heterocycles. The van der Waals surface area contributed by atoms with Gasteiger partial charge in [0.15, 0.2) is 9.90 Å². The molecular weight excluding hydrogens is 292 g/mol. The summed E-state index contributed by atoms with van der Waals surface area (Å²) >= 11 is 0.895. The van der Waals surface area contributed by atoms with Gasteiger partial charge in [0.1, 0.15) is 0 Å². The number of aromatic nitrogens is 1. The third-order valence-electron chi connectivity index (χ3n) is 2.39. The lowest BCUT2D eigenvalue weighted by atomic mass is 10.5. The minimum Gasteiger partial charge on any atom is -0.464 e. The van der Waals surface area contributed by atoms with Crippen LogP contribution in [-0.4, -0.2) is 57.6 Å². The summed E-state index contributed by atoms with van der Waals surface area (Å²) in [7, 11) is -1.08. The molecule has 0 aliphatic carbocycles. The van der Waals surface area contributed by atoms with Gasteiger partial charge in [0.2, 0.25) is 0 Å². The van der Waals surface area contributed by atoms with E-state index < -0.39 is 16.0 Å². The number of methoxy groups -OCH3 is 2. The van der Waals surface area contributed by atoms with Crippen LogP contribution in [0.1, 0.15) is 17.4 Å². The molecule has 1 aromatic rings. The maximum absolute atomic E-state index is 12.4. The molecule has 0 spiro atoms. The smallest absolute Gasteiger partial charge is 0.358 e. The summed E-state index contributed by atoms with van der Waals surface area (Å²) in [5.41, 5.74) is 1.13. The Balaban J connectivity index is 3.12. The van der Waals surface area contributed by atoms with Crippen molar-refractivity contribution in [3.8, 4) is 0 Å². The van der Waals surface area contributed by atoms with E-state index in [1.807, 2.05) is 0 Å². The van der Waals surface area contributed by atoms with Crippen LogP contribution in [0.5, 0.6) is 0 Å². The van der Waals surface area contributed by atoms with Crippen LogP contribution >= 0.6 is 11.3 Å². The molecule has 9 heteroatoms. The average Bonchev–Trinajstić information content (AvgIpc) is 2.88. The summed E-state index contributed by atoms with van der Waals surface area (Å²) in [5, 5.41) is 0. The number of carbonyl (C=O) groups is 1. The van der Waals surface area contributed by atoms with Gasteiger partial charge < -0.3 is 9.47 Å². The molecule has 1 heterocycles. The van der Waals surface area contributed by atoms with Gasteiger partial charge in [0, 0.05) is 20.2 Å². The van der Waals surface area contributed by atoms with Crippen LogP contribution < -0.4 is 0 Å². The lowest BCUT2D eigenvalue weighted by Gasteiger charge is -2.19. The second-order valence-electron chi connectivity index (χ2n) is 3.47. The van der Waals surface area contributed by atoms with Gasteiger partial charge in [0.25, 0.3) is 10.0 Å². The van der Waals surface area contributed by atoms with Crippen molar-refractivity contribution in [1.29, 1.82) is 0 Å². The molecule has 0 saturated carbocycles. The van der Waals surface area contributed by atoms with Gasteiger partial charge in [-0.1, -0.05) is 6.92 Å². The van der Waals surface area contributed by atoms with E-state index in [0.29, 0.717) is 0 Å². The first kappa shape index (κ1) is 16.0. The molecule has 1 rings (SSSR count). The van der Waals surface area contributed by atoms with Crippen molar-refractivity contribution in [3.63, 3.8) is 0 Å². The number of thiazole rings is 1. The zero-order valence-electron chi connectivity index (χ0n) is 11.0. The SMILES string of the molecule is CCN(CCOC)S(=O)(=O)c1scnc1C(=O)OC. The normalized spacial score (nSPS) is 11.8. The van der Waals surface area contributed by atoms with Gasteiger partial charge in [-0.25, -0.2) is 18.2 Å². The molecule has 7 nitrogen and oxygen atoms in total. The number of hydrogen-bond donors (Lipinski definition) is 0. The quantitative estimate of drug-likeness (QED) is 0.685. The van der Waals surface area contributed by atoms with Crippen molar-refractivity contribution in [2.24, 2.45) is 0 Å². The van der Waals surface area contributed by atoms with Crippen LogP contribution in [0.25, 0.3) is 0 Å². The minimum absolute atomic E-state index is 0.0997. The first-order valence-electron chi connectivity index (χ1n) is 5.49. The Hall–Kier alpha value is -1.03. The van der Waals surface area contributed by atoms with E-state index in [4.69, 9.17) is 4.74 Å². The van der Waals surface area contributed by atoms with E-state index in [0.717, 1.165) is 11.3 Å². The van der Waals surface area contributed by atoms with Gasteiger partial charge >= 0.3 is 5.97 Å². The summed E-state index contributed by atoms with van der Waals surface area (Å²) in [4.78, 5) is 15.2. The monoisotopic (exact) mass is 308 g/mol. The largest absolute Gasteiger partial charge is 0.464 e. The molecule has 0 aliphatic rings. The highest BCUT2D eigenvalue weighted by molar-refractivity contribution is 7.91. The number of rotatable bonds is 7. The van der Waals surface area contributed by atoms with Crippen LogP contribution in [0.2, 0.25) is 0 Å². The van der Waals surface area contributed by atoms with Crippen molar-refractivity contribution in [1.82, 2.24) is 9.29 Å². The highest BCUT2D eigenvalue weighted by atomic mass is 32.2. The molecule has 1 aromatic heterocycles. The second-order valence-corrected chi connectivity index (χ2v) is 6.46. The van der Waals surface area contributed by atoms with E-state index in [9.17, 15) is 13.2 Å². The molecule has 0 fully saturated rings. The van der Waals surface area contributed by atoms with Crippen molar-refractivity contribution < 1.29 is 22.7 Å². The number of hydrogen-bond acceptors (Lipinski definition) is 7. The molecule has 0 atom stereocenters. The summed E-state index contributed by atoms with van der Waals surface area (Å²) in [6, 6.07) is 0. The number of carbonyl (C=O) groups excluding carboxylic acids is 1. The summed E-state index contributed by atoms with van der Waals surface area (Å²) in [6.07, 6.45) is 0. The third-order valence-corrected chi connectivity index (χ3v) is 5.71. The predicted octanol–water partition coefficient (Wildman–Crippen LogP) is 0.587. The zero-order valence-corrected chi connectivity index (χ0v) is 12.6. The molecule has 0 aliphatic heterocycles. The Kier molecular flexibility index (Phi) is 5.85. The molecule has 0 bridgehead atoms. The van der Waals surface area contributed by atoms with E-state index in [2.05, 4.69) is 9.72 Å². The fourth-order valence-electron chi connectivity index (χ4n) is 1.41. The standard InChI is InChI=1S/C10H16N2O5S2/c1-4-12(5-6-16-2)19(14,15)10-8(9(13)17-3)11-7-18-10/h7H,4-6H2,1-3H3. The van der Waals surface area contributed by atoms with Crippen LogP contribution in [0.15, 0.2) is 9.72 Å². The Bertz CT molecular complexity index is 526. The van der Waals surface area contributed by atoms with Crippen LogP contribution in [0.4, 0.5) is 0 Å². The highest BCUT2D eigenvalue weighted by Gasteiger charge is 2.31. The Labute approximate surface area is 116 Å². The third kappa shape index (κ3) is 3.50. The van der Waals surface area contributed by atoms with E-state index in [-0.39, 0.29) is 29.6 Å². The first-order chi connectivity index (χ1) is 8.98. The van der Waals surface area contributed by atoms with Gasteiger partial charge in [0.05, 0.1) is 19.2 Å². The average molecular weight is 308 g/mol. The second kappa shape index (κ2) is 6.94. The fraction of sp³-hybridized carbons (Fsp3) is 0.600. The Morgan fingerprint density at radius 2 is 2.16 bits per heavy atom. The van der Waals surface area contributed by atoms with E-state index >= 15 is 0 Å². The maximum atomic E-state index is 12.4. The minimum atomic E-state index is -3.76. The van der Waals surface area contributed by atoms with Crippen molar-refractivity contribution in [2.75, 3.05) is 33.9 Å². The van der Waals surface area contributed by atoms with E-state index in [1.165, 1.54) is 24.0 Å². The van der Waals surface area contributed by atoms with Gasteiger partial charge in [-0.2, -0.15) is 4.31 Å². The number of sulfonamides is 1. The molecule has 108 valence electrons. The molecular formula is C10H16N2O5S2. The zero-order chi connectivity index (χ0) is 14.5. The molecule has 0 aromatic carbocycles. The molecule has 0 unspecified atom stereocenters. The fourth-order valence-corrected chi connectivity index (χ4v) is 4.11. The van der Waals surface area contributed by atoms with Crippen LogP contribution in [0.3, 0.4) is 0 Å². The summed E-state index contributed by atoms with van der Waals surface area (Å²) in [6.45, 7) is 2.49. The highest BCUT2D eigenvalue weighted by Crippen LogP contribution is 2.24. The van der Waals surface area contributed by atoms with Crippen molar-refractivity contribution in [2.45, 2.75) is 11.1 Å². The molecule has 19 heavy (non-hydrogen) atoms. The predicted molar refractivity (Wildman–Crippen MR) is 69.8 cm³/mol. The Morgan fingerprint density at radius 3 is 2.68 bits per heavy atom. The lowest BCUT2D eigenvalue weighted by Crippen LogP contribution is -2.34. The summed E-state index contributed by atoms with van der Waals surface area (Å²) in [5.74, 6) is -0.761. The number of esters is 1. The first-order valence-corrected chi connectivity index (χ1v) is 7.81. The van der Waals surface area contributed by atoms with Crippen molar-refractivity contribution in [3.05, 3.63) is 11.2 Å². The van der Waals surface area contributed by atoms with Crippen LogP contribution in [0, 0.1) is 0 Å². The van der Waals surface area contributed by atoms with Gasteiger partial charge in [-0.3, -0.25) is 0 Å². The molecule has 0 amide bonds. The maximum Gasteiger partial charge on any atom is 0.358 e. The van der Waals surface area contributed by atoms with Gasteiger partial charge in [-0.05, 0) is 0 Å². The van der Waals surface area contributed by atoms with E-state index in [1.54, 1.807) is 6.92 Å². The number of ether oxygens (including phenoxy) is 2. The summed E-state index contributed by atoms with van der Waals surface area (Å²) < 4.78 is 35.3. The lowest BCUT2D eigenvalue weighted by molar-refractivity contribution is 0.0590. The topological polar surface area (TPSA) is 85.8 Å². The molecule has 0 radical (unpaired) electrons. The van der Waals surface area contributed by atoms with Crippen molar-refractivity contribution >= 4 is 27.3 Å². The van der Waals surface area contributed by atoms with Gasteiger partial charge in [-0.15, -0.1) is 11.3 Å². The Morgan fingerprint density at radius 1 is 1.47 bits per heavy atom. The number of likely N-dealkylation sites (N-methyl/N-ethyl adjacent to an activating group) is 1. The van der Waals surface area contributed by atoms with Crippen LogP contribution in [-0.2, 0) is 19.5 Å². The number of nitrogens with zero attached hydrogens (tertiary/aromatic N) is 2. The molecule has 0 N–H and O–H groups in total.